The first-order valence-electron chi connectivity index (χ1n) is 4.12. The Labute approximate surface area is 65.4 Å². The molecule has 0 bridgehead atoms. The number of nitrogens with zero attached hydrogens (tertiary/aromatic N) is 1. The Morgan fingerprint density at radius 3 is 1.70 bits per heavy atom. The minimum Gasteiger partial charge on any atom is -0.304 e. The van der Waals surface area contributed by atoms with Crippen LogP contribution in [0.1, 0.15) is 34.1 Å². The highest BCUT2D eigenvalue weighted by Gasteiger charge is 2.27. The van der Waals surface area contributed by atoms with Crippen molar-refractivity contribution in [1.29, 1.82) is 0 Å². The van der Waals surface area contributed by atoms with Gasteiger partial charge in [-0.2, -0.15) is 0 Å². The predicted octanol–water partition coefficient (Wildman–Crippen LogP) is 2.37. The van der Waals surface area contributed by atoms with Gasteiger partial charge in [0.15, 0.2) is 0 Å². The molecule has 0 aromatic heterocycles. The van der Waals surface area contributed by atoms with Crippen LogP contribution in [0.3, 0.4) is 0 Å². The summed E-state index contributed by atoms with van der Waals surface area (Å²) < 4.78 is 0. The molecule has 1 heteroatoms. The summed E-state index contributed by atoms with van der Waals surface area (Å²) in [5, 5.41) is 0. The van der Waals surface area contributed by atoms with Crippen molar-refractivity contribution in [3.05, 3.63) is 0 Å². The van der Waals surface area contributed by atoms with Crippen LogP contribution < -0.4 is 0 Å². The minimum absolute atomic E-state index is 0.375. The first-order valence-corrected chi connectivity index (χ1v) is 4.12. The fourth-order valence-corrected chi connectivity index (χ4v) is 1.24. The second-order valence-electron chi connectivity index (χ2n) is 3.76. The summed E-state index contributed by atoms with van der Waals surface area (Å²) in [5.41, 5.74) is 0.375. The van der Waals surface area contributed by atoms with Crippen LogP contribution in [0.5, 0.6) is 0 Å². The molecule has 0 amide bonds. The van der Waals surface area contributed by atoms with E-state index >= 15 is 0 Å². The number of hydrogen-bond acceptors (Lipinski definition) is 1. The summed E-state index contributed by atoms with van der Waals surface area (Å²) in [4.78, 5) is 2.32. The molecule has 0 aliphatic carbocycles. The van der Waals surface area contributed by atoms with Crippen LogP contribution in [-0.2, 0) is 0 Å². The summed E-state index contributed by atoms with van der Waals surface area (Å²) in [6.07, 6.45) is 1.22. The molecular weight excluding hydrogens is 122 g/mol. The molecule has 0 saturated heterocycles. The largest absolute Gasteiger partial charge is 0.304 e. The van der Waals surface area contributed by atoms with Crippen molar-refractivity contribution in [2.24, 2.45) is 5.92 Å². The Kier molecular flexibility index (Phi) is 3.37. The maximum atomic E-state index is 2.32. The van der Waals surface area contributed by atoms with Crippen LogP contribution >= 0.6 is 0 Å². The van der Waals surface area contributed by atoms with Crippen molar-refractivity contribution in [3.63, 3.8) is 0 Å². The van der Waals surface area contributed by atoms with Gasteiger partial charge in [0.2, 0.25) is 0 Å². The standard InChI is InChI=1S/C9H21N/c1-7-9(4,8(2)3)10(5)6/h8H,7H2,1-6H3. The summed E-state index contributed by atoms with van der Waals surface area (Å²) in [7, 11) is 4.31. The van der Waals surface area contributed by atoms with E-state index in [4.69, 9.17) is 0 Å². The van der Waals surface area contributed by atoms with Crippen LogP contribution in [0.25, 0.3) is 0 Å². The predicted molar refractivity (Wildman–Crippen MR) is 47.2 cm³/mol. The zero-order chi connectivity index (χ0) is 8.36. The lowest BCUT2D eigenvalue weighted by molar-refractivity contribution is 0.110. The molecule has 0 radical (unpaired) electrons. The molecule has 1 unspecified atom stereocenters. The minimum atomic E-state index is 0.375. The van der Waals surface area contributed by atoms with E-state index in [1.54, 1.807) is 0 Å². The van der Waals surface area contributed by atoms with Crippen molar-refractivity contribution < 1.29 is 0 Å². The van der Waals surface area contributed by atoms with Gasteiger partial charge in [-0.15, -0.1) is 0 Å². The average molecular weight is 143 g/mol. The van der Waals surface area contributed by atoms with E-state index < -0.39 is 0 Å². The highest BCUT2D eigenvalue weighted by molar-refractivity contribution is 4.83. The maximum absolute atomic E-state index is 2.32. The van der Waals surface area contributed by atoms with Crippen molar-refractivity contribution in [1.82, 2.24) is 4.90 Å². The molecule has 0 aromatic carbocycles. The molecule has 0 rings (SSSR count). The summed E-state index contributed by atoms with van der Waals surface area (Å²) >= 11 is 0. The van der Waals surface area contributed by atoms with Gasteiger partial charge < -0.3 is 4.90 Å². The Morgan fingerprint density at radius 1 is 1.30 bits per heavy atom. The summed E-state index contributed by atoms with van der Waals surface area (Å²) in [6.45, 7) is 9.13. The fraction of sp³-hybridized carbons (Fsp3) is 1.00. The molecule has 0 aliphatic heterocycles. The van der Waals surface area contributed by atoms with E-state index in [1.165, 1.54) is 6.42 Å². The molecular formula is C9H21N. The normalized spacial score (nSPS) is 18.0. The van der Waals surface area contributed by atoms with Crippen LogP contribution in [0.15, 0.2) is 0 Å². The quantitative estimate of drug-likeness (QED) is 0.586. The van der Waals surface area contributed by atoms with Gasteiger partial charge in [0.05, 0.1) is 0 Å². The molecule has 0 fully saturated rings. The van der Waals surface area contributed by atoms with Gasteiger partial charge in [-0.1, -0.05) is 20.8 Å². The van der Waals surface area contributed by atoms with Gasteiger partial charge in [0, 0.05) is 5.54 Å². The second-order valence-corrected chi connectivity index (χ2v) is 3.76. The highest BCUT2D eigenvalue weighted by Crippen LogP contribution is 2.25. The van der Waals surface area contributed by atoms with Gasteiger partial charge in [0.25, 0.3) is 0 Å². The molecule has 62 valence electrons. The van der Waals surface area contributed by atoms with Crippen LogP contribution in [0, 0.1) is 5.92 Å². The lowest BCUT2D eigenvalue weighted by Gasteiger charge is -2.39. The van der Waals surface area contributed by atoms with Gasteiger partial charge in [-0.25, -0.2) is 0 Å². The lowest BCUT2D eigenvalue weighted by atomic mass is 9.85. The molecule has 1 atom stereocenters. The van der Waals surface area contributed by atoms with Crippen molar-refractivity contribution in [3.8, 4) is 0 Å². The van der Waals surface area contributed by atoms with E-state index in [9.17, 15) is 0 Å². The van der Waals surface area contributed by atoms with Gasteiger partial charge >= 0.3 is 0 Å². The average Bonchev–Trinajstić information content (AvgIpc) is 1.85. The third-order valence-electron chi connectivity index (χ3n) is 2.98. The summed E-state index contributed by atoms with van der Waals surface area (Å²) in [5.74, 6) is 0.729. The van der Waals surface area contributed by atoms with E-state index in [0.717, 1.165) is 5.92 Å². The smallest absolute Gasteiger partial charge is 0.0195 e. The van der Waals surface area contributed by atoms with Crippen LogP contribution in [0.4, 0.5) is 0 Å². The Hall–Kier alpha value is -0.0400. The Bertz CT molecular complexity index is 86.9. The SMILES string of the molecule is CCC(C)(C(C)C)N(C)C. The van der Waals surface area contributed by atoms with Crippen molar-refractivity contribution in [2.75, 3.05) is 14.1 Å². The first kappa shape index (κ1) is 9.96. The van der Waals surface area contributed by atoms with E-state index in [0.29, 0.717) is 5.54 Å². The van der Waals surface area contributed by atoms with Crippen molar-refractivity contribution >= 4 is 0 Å². The third-order valence-corrected chi connectivity index (χ3v) is 2.98. The third kappa shape index (κ3) is 1.72. The molecule has 0 aromatic rings. The molecule has 0 heterocycles. The van der Waals surface area contributed by atoms with Crippen LogP contribution in [-0.4, -0.2) is 24.5 Å². The Balaban J connectivity index is 4.23. The van der Waals surface area contributed by atoms with Crippen molar-refractivity contribution in [2.45, 2.75) is 39.7 Å². The number of hydrogen-bond donors (Lipinski definition) is 0. The van der Waals surface area contributed by atoms with Crippen LogP contribution in [0.2, 0.25) is 0 Å². The first-order chi connectivity index (χ1) is 4.45. The molecule has 1 nitrogen and oxygen atoms in total. The van der Waals surface area contributed by atoms with Gasteiger partial charge in [0.1, 0.15) is 0 Å². The zero-order valence-electron chi connectivity index (χ0n) is 8.23. The van der Waals surface area contributed by atoms with E-state index in [1.807, 2.05) is 0 Å². The molecule has 0 spiro atoms. The molecule has 0 aliphatic rings. The topological polar surface area (TPSA) is 3.24 Å². The Morgan fingerprint density at radius 2 is 1.70 bits per heavy atom. The molecule has 10 heavy (non-hydrogen) atoms. The maximum Gasteiger partial charge on any atom is 0.0195 e. The van der Waals surface area contributed by atoms with E-state index in [2.05, 4.69) is 46.7 Å². The zero-order valence-corrected chi connectivity index (χ0v) is 8.23. The fourth-order valence-electron chi connectivity index (χ4n) is 1.24. The van der Waals surface area contributed by atoms with Gasteiger partial charge in [-0.05, 0) is 33.4 Å². The van der Waals surface area contributed by atoms with E-state index in [-0.39, 0.29) is 0 Å². The lowest BCUT2D eigenvalue weighted by Crippen LogP contribution is -2.45. The monoisotopic (exact) mass is 143 g/mol. The number of rotatable bonds is 3. The van der Waals surface area contributed by atoms with Gasteiger partial charge in [-0.3, -0.25) is 0 Å². The highest BCUT2D eigenvalue weighted by atomic mass is 15.1. The second kappa shape index (κ2) is 3.38. The molecule has 0 saturated carbocycles. The molecule has 0 N–H and O–H groups in total. The summed E-state index contributed by atoms with van der Waals surface area (Å²) in [6, 6.07) is 0.